The number of carbonyl (C=O) groups excluding carboxylic acids is 1. The van der Waals surface area contributed by atoms with E-state index in [9.17, 15) is 4.79 Å². The quantitative estimate of drug-likeness (QED) is 0.771. The van der Waals surface area contributed by atoms with E-state index in [1.54, 1.807) is 6.20 Å². The minimum Gasteiger partial charge on any atom is -0.293 e. The lowest BCUT2D eigenvalue weighted by Crippen LogP contribution is -1.96. The van der Waals surface area contributed by atoms with Crippen LogP contribution < -0.4 is 0 Å². The van der Waals surface area contributed by atoms with Crippen LogP contribution in [0.5, 0.6) is 0 Å². The Balaban J connectivity index is 1.93. The van der Waals surface area contributed by atoms with Gasteiger partial charge in [-0.05, 0) is 36.6 Å². The zero-order chi connectivity index (χ0) is 12.5. The van der Waals surface area contributed by atoms with Gasteiger partial charge in [-0.25, -0.2) is 0 Å². The first-order valence-corrected chi connectivity index (χ1v) is 6.17. The third kappa shape index (κ3) is 2.16. The molecule has 3 rings (SSSR count). The molecule has 0 radical (unpaired) electrons. The van der Waals surface area contributed by atoms with Gasteiger partial charge in [-0.15, -0.1) is 0 Å². The summed E-state index contributed by atoms with van der Waals surface area (Å²) in [4.78, 5) is 19.8. The second-order valence-corrected chi connectivity index (χ2v) is 4.73. The predicted octanol–water partition coefficient (Wildman–Crippen LogP) is 3.22. The van der Waals surface area contributed by atoms with E-state index in [4.69, 9.17) is 0 Å². The molecule has 0 atom stereocenters. The fourth-order valence-electron chi connectivity index (χ4n) is 2.00. The molecule has 0 spiro atoms. The summed E-state index contributed by atoms with van der Waals surface area (Å²) in [5, 5.41) is 0. The van der Waals surface area contributed by atoms with Gasteiger partial charge < -0.3 is 0 Å². The van der Waals surface area contributed by atoms with Crippen LogP contribution in [-0.2, 0) is 0 Å². The summed E-state index contributed by atoms with van der Waals surface area (Å²) < 4.78 is 0. The van der Waals surface area contributed by atoms with Crippen molar-refractivity contribution in [2.24, 2.45) is 0 Å². The molecule has 0 aromatic carbocycles. The molecule has 1 saturated carbocycles. The lowest BCUT2D eigenvalue weighted by molar-refractivity contribution is 0.101. The number of hydrogen-bond acceptors (Lipinski definition) is 3. The number of hydrogen-bond donors (Lipinski definition) is 0. The van der Waals surface area contributed by atoms with Gasteiger partial charge in [0.1, 0.15) is 5.69 Å². The van der Waals surface area contributed by atoms with Crippen LogP contribution in [0.2, 0.25) is 0 Å². The van der Waals surface area contributed by atoms with Crippen molar-refractivity contribution in [2.75, 3.05) is 0 Å². The number of pyridine rings is 2. The summed E-state index contributed by atoms with van der Waals surface area (Å²) >= 11 is 0. The van der Waals surface area contributed by atoms with Crippen molar-refractivity contribution >= 4 is 5.78 Å². The zero-order valence-corrected chi connectivity index (χ0v) is 10.3. The Morgan fingerprint density at radius 3 is 2.61 bits per heavy atom. The van der Waals surface area contributed by atoms with Crippen molar-refractivity contribution < 1.29 is 4.79 Å². The molecule has 0 saturated heterocycles. The van der Waals surface area contributed by atoms with E-state index in [0.29, 0.717) is 11.6 Å². The summed E-state index contributed by atoms with van der Waals surface area (Å²) in [5.74, 6) is 0.656. The maximum Gasteiger partial charge on any atom is 0.178 e. The molecule has 0 N–H and O–H groups in total. The standard InChI is InChI=1S/C15H14N2O/c1-10(18)15-8-12(6-7-16-15)13-4-5-14(17-9-13)11-2-3-11/h4-9,11H,2-3H2,1H3. The van der Waals surface area contributed by atoms with Crippen LogP contribution in [0.3, 0.4) is 0 Å². The molecule has 0 bridgehead atoms. The number of carbonyl (C=O) groups is 1. The summed E-state index contributed by atoms with van der Waals surface area (Å²) in [7, 11) is 0. The first-order chi connectivity index (χ1) is 8.74. The van der Waals surface area contributed by atoms with Crippen molar-refractivity contribution in [1.82, 2.24) is 9.97 Å². The van der Waals surface area contributed by atoms with E-state index >= 15 is 0 Å². The number of aromatic nitrogens is 2. The van der Waals surface area contributed by atoms with Crippen LogP contribution in [0.15, 0.2) is 36.7 Å². The van der Waals surface area contributed by atoms with Gasteiger partial charge in [-0.3, -0.25) is 14.8 Å². The van der Waals surface area contributed by atoms with Crippen molar-refractivity contribution in [3.63, 3.8) is 0 Å². The van der Waals surface area contributed by atoms with E-state index in [0.717, 1.165) is 11.1 Å². The van der Waals surface area contributed by atoms with Gasteiger partial charge >= 0.3 is 0 Å². The zero-order valence-electron chi connectivity index (χ0n) is 10.3. The molecule has 0 aliphatic heterocycles. The highest BCUT2D eigenvalue weighted by Gasteiger charge is 2.24. The third-order valence-electron chi connectivity index (χ3n) is 3.24. The molecule has 0 amide bonds. The molecular weight excluding hydrogens is 224 g/mol. The first-order valence-electron chi connectivity index (χ1n) is 6.17. The number of nitrogens with zero attached hydrogens (tertiary/aromatic N) is 2. The molecule has 90 valence electrons. The summed E-state index contributed by atoms with van der Waals surface area (Å²) in [6.45, 7) is 1.53. The molecule has 2 aromatic rings. The van der Waals surface area contributed by atoms with E-state index in [1.165, 1.54) is 25.5 Å². The Morgan fingerprint density at radius 1 is 1.17 bits per heavy atom. The Labute approximate surface area is 106 Å². The highest BCUT2D eigenvalue weighted by atomic mass is 16.1. The summed E-state index contributed by atoms with van der Waals surface area (Å²) in [6.07, 6.45) is 6.07. The fourth-order valence-corrected chi connectivity index (χ4v) is 2.00. The highest BCUT2D eigenvalue weighted by molar-refractivity contribution is 5.93. The van der Waals surface area contributed by atoms with Crippen LogP contribution in [0.4, 0.5) is 0 Å². The molecule has 2 heterocycles. The third-order valence-corrected chi connectivity index (χ3v) is 3.24. The maximum atomic E-state index is 11.3. The van der Waals surface area contributed by atoms with E-state index in [-0.39, 0.29) is 5.78 Å². The molecule has 3 heteroatoms. The largest absolute Gasteiger partial charge is 0.293 e. The first kappa shape index (κ1) is 11.1. The van der Waals surface area contributed by atoms with Gasteiger partial charge in [0.05, 0.1) is 0 Å². The van der Waals surface area contributed by atoms with Gasteiger partial charge in [0.15, 0.2) is 5.78 Å². The second kappa shape index (κ2) is 4.33. The normalized spacial score (nSPS) is 14.5. The van der Waals surface area contributed by atoms with E-state index in [2.05, 4.69) is 22.1 Å². The fraction of sp³-hybridized carbons (Fsp3) is 0.267. The smallest absolute Gasteiger partial charge is 0.178 e. The second-order valence-electron chi connectivity index (χ2n) is 4.73. The number of Topliss-reactive ketones (excluding diaryl/α,β-unsaturated/α-hetero) is 1. The van der Waals surface area contributed by atoms with Crippen LogP contribution in [0, 0.1) is 0 Å². The monoisotopic (exact) mass is 238 g/mol. The molecule has 1 aliphatic carbocycles. The molecule has 3 nitrogen and oxygen atoms in total. The Kier molecular flexibility index (Phi) is 2.67. The van der Waals surface area contributed by atoms with E-state index in [1.807, 2.05) is 18.3 Å². The van der Waals surface area contributed by atoms with Crippen LogP contribution >= 0.6 is 0 Å². The molecule has 2 aromatic heterocycles. The highest BCUT2D eigenvalue weighted by Crippen LogP contribution is 2.39. The van der Waals surface area contributed by atoms with Crippen molar-refractivity contribution in [2.45, 2.75) is 25.7 Å². The van der Waals surface area contributed by atoms with Crippen molar-refractivity contribution in [1.29, 1.82) is 0 Å². The van der Waals surface area contributed by atoms with Crippen LogP contribution in [0.1, 0.15) is 41.9 Å². The average molecular weight is 238 g/mol. The Hall–Kier alpha value is -2.03. The topological polar surface area (TPSA) is 42.9 Å². The summed E-state index contributed by atoms with van der Waals surface area (Å²) in [5.41, 5.74) is 3.70. The van der Waals surface area contributed by atoms with Gasteiger partial charge in [0.25, 0.3) is 0 Å². The SMILES string of the molecule is CC(=O)c1cc(-c2ccc(C3CC3)nc2)ccn1. The maximum absolute atomic E-state index is 11.3. The van der Waals surface area contributed by atoms with Crippen LogP contribution in [0.25, 0.3) is 11.1 Å². The molecule has 0 unspecified atom stereocenters. The molecule has 1 fully saturated rings. The van der Waals surface area contributed by atoms with Gasteiger partial charge in [-0.2, -0.15) is 0 Å². The average Bonchev–Trinajstić information content (AvgIpc) is 3.23. The van der Waals surface area contributed by atoms with Gasteiger partial charge in [0, 0.05) is 36.5 Å². The van der Waals surface area contributed by atoms with E-state index < -0.39 is 0 Å². The number of rotatable bonds is 3. The lowest BCUT2D eigenvalue weighted by atomic mass is 10.1. The lowest BCUT2D eigenvalue weighted by Gasteiger charge is -2.04. The van der Waals surface area contributed by atoms with Crippen molar-refractivity contribution in [3.05, 3.63) is 48.0 Å². The minimum atomic E-state index is -0.0144. The van der Waals surface area contributed by atoms with Crippen LogP contribution in [-0.4, -0.2) is 15.8 Å². The molecule has 1 aliphatic rings. The number of ketones is 1. The van der Waals surface area contributed by atoms with Crippen molar-refractivity contribution in [3.8, 4) is 11.1 Å². The Morgan fingerprint density at radius 2 is 2.00 bits per heavy atom. The Bertz CT molecular complexity index is 586. The molecular formula is C15H14N2O. The predicted molar refractivity (Wildman–Crippen MR) is 69.4 cm³/mol. The van der Waals surface area contributed by atoms with Gasteiger partial charge in [0.2, 0.25) is 0 Å². The minimum absolute atomic E-state index is 0.0144. The molecule has 18 heavy (non-hydrogen) atoms. The summed E-state index contributed by atoms with van der Waals surface area (Å²) in [6, 6.07) is 7.87. The van der Waals surface area contributed by atoms with Gasteiger partial charge in [-0.1, -0.05) is 6.07 Å².